The van der Waals surface area contributed by atoms with Gasteiger partial charge in [0.2, 0.25) is 6.23 Å². The molecule has 0 spiro atoms. The largest absolute Gasteiger partial charge is 0.493 e. The molecule has 7 nitrogen and oxygen atoms in total. The molecule has 2 atom stereocenters. The molecule has 6 rings (SSSR count). The summed E-state index contributed by atoms with van der Waals surface area (Å²) in [7, 11) is 2.91. The maximum absolute atomic E-state index is 12.4. The second-order valence-electron chi connectivity index (χ2n) is 8.79. The first-order valence-corrected chi connectivity index (χ1v) is 11.7. The number of hydrazone groups is 1. The number of benzene rings is 4. The van der Waals surface area contributed by atoms with Crippen molar-refractivity contribution in [1.82, 2.24) is 5.01 Å². The van der Waals surface area contributed by atoms with Crippen LogP contribution in [-0.4, -0.2) is 36.0 Å². The third-order valence-electron chi connectivity index (χ3n) is 6.84. The Labute approximate surface area is 208 Å². The minimum Gasteiger partial charge on any atom is -0.493 e. The van der Waals surface area contributed by atoms with Crippen molar-refractivity contribution in [2.24, 2.45) is 5.10 Å². The number of fused-ring (bicyclic) bond motifs is 4. The van der Waals surface area contributed by atoms with Crippen LogP contribution in [0.1, 0.15) is 45.7 Å². The number of ether oxygens (including phenoxy) is 3. The lowest BCUT2D eigenvalue weighted by Crippen LogP contribution is -2.34. The molecule has 4 aromatic rings. The molecule has 2 aliphatic rings. The Bertz CT molecular complexity index is 1530. The average molecular weight is 481 g/mol. The van der Waals surface area contributed by atoms with Crippen LogP contribution in [0.2, 0.25) is 0 Å². The highest BCUT2D eigenvalue weighted by Gasteiger charge is 2.43. The van der Waals surface area contributed by atoms with Gasteiger partial charge in [-0.3, -0.25) is 0 Å². The number of carboxylic acids is 1. The van der Waals surface area contributed by atoms with Crippen LogP contribution in [0.25, 0.3) is 10.8 Å². The van der Waals surface area contributed by atoms with E-state index in [-0.39, 0.29) is 17.4 Å². The van der Waals surface area contributed by atoms with Crippen molar-refractivity contribution in [3.8, 4) is 17.2 Å². The Morgan fingerprint density at radius 3 is 2.50 bits per heavy atom. The van der Waals surface area contributed by atoms with Crippen LogP contribution in [0.15, 0.2) is 84.0 Å². The Morgan fingerprint density at radius 1 is 0.944 bits per heavy atom. The quantitative estimate of drug-likeness (QED) is 0.389. The predicted molar refractivity (Wildman–Crippen MR) is 136 cm³/mol. The van der Waals surface area contributed by atoms with Crippen LogP contribution in [0.3, 0.4) is 0 Å². The number of aromatic carboxylic acids is 1. The maximum atomic E-state index is 12.4. The van der Waals surface area contributed by atoms with Crippen LogP contribution < -0.4 is 14.2 Å². The third kappa shape index (κ3) is 3.43. The molecular formula is C29H24N2O5. The van der Waals surface area contributed by atoms with Crippen LogP contribution in [0, 0.1) is 0 Å². The van der Waals surface area contributed by atoms with Crippen molar-refractivity contribution >= 4 is 22.5 Å². The van der Waals surface area contributed by atoms with E-state index in [0.717, 1.165) is 22.2 Å². The lowest BCUT2D eigenvalue weighted by molar-refractivity contribution is -0.0199. The average Bonchev–Trinajstić information content (AvgIpc) is 3.37. The Balaban J connectivity index is 1.50. The Hall–Kier alpha value is -4.52. The topological polar surface area (TPSA) is 80.6 Å². The second kappa shape index (κ2) is 8.61. The number of carbonyl (C=O) groups is 1. The van der Waals surface area contributed by atoms with Crippen LogP contribution >= 0.6 is 0 Å². The van der Waals surface area contributed by atoms with Gasteiger partial charge in [0.05, 0.1) is 26.0 Å². The molecule has 4 aromatic carbocycles. The van der Waals surface area contributed by atoms with Gasteiger partial charge in [0.1, 0.15) is 11.3 Å². The molecular weight excluding hydrogens is 456 g/mol. The molecule has 180 valence electrons. The summed E-state index contributed by atoms with van der Waals surface area (Å²) in [5.41, 5.74) is 3.42. The number of rotatable bonds is 5. The fourth-order valence-electron chi connectivity index (χ4n) is 5.15. The van der Waals surface area contributed by atoms with E-state index in [0.29, 0.717) is 23.5 Å². The standard InChI is InChI=1S/C29H24N2O5/c1-34-25-14-13-21(26(29(32)33)27(25)35-2)28-31-23(20-9-5-6-10-24(20)36-28)16-22(30-31)19-12-11-17-7-3-4-8-18(17)15-19/h3-15,23,28H,16H2,1-2H3,(H,32,33)/t23-,28-/m1/s1. The molecule has 36 heavy (non-hydrogen) atoms. The molecule has 2 heterocycles. The van der Waals surface area contributed by atoms with Crippen molar-refractivity contribution in [3.05, 3.63) is 101 Å². The number of hydrogen-bond donors (Lipinski definition) is 1. The third-order valence-corrected chi connectivity index (χ3v) is 6.84. The SMILES string of the molecule is COc1ccc([C@H]2Oc3ccccc3[C@H]3CC(c4ccc5ccccc5c4)=NN32)c(C(=O)O)c1OC. The zero-order valence-corrected chi connectivity index (χ0v) is 19.8. The highest BCUT2D eigenvalue weighted by Crippen LogP contribution is 2.49. The molecule has 0 aromatic heterocycles. The van der Waals surface area contributed by atoms with Crippen LogP contribution in [0.4, 0.5) is 0 Å². The summed E-state index contributed by atoms with van der Waals surface area (Å²) in [5.74, 6) is 0.0788. The summed E-state index contributed by atoms with van der Waals surface area (Å²) in [6, 6.07) is 25.7. The van der Waals surface area contributed by atoms with E-state index in [9.17, 15) is 9.90 Å². The van der Waals surface area contributed by atoms with Crippen molar-refractivity contribution < 1.29 is 24.1 Å². The van der Waals surface area contributed by atoms with Gasteiger partial charge in [-0.15, -0.1) is 0 Å². The van der Waals surface area contributed by atoms with Gasteiger partial charge in [-0.1, -0.05) is 54.6 Å². The molecule has 0 radical (unpaired) electrons. The van der Waals surface area contributed by atoms with Crippen molar-refractivity contribution in [2.45, 2.75) is 18.7 Å². The minimum atomic E-state index is -1.13. The number of methoxy groups -OCH3 is 2. The summed E-state index contributed by atoms with van der Waals surface area (Å²) < 4.78 is 17.2. The van der Waals surface area contributed by atoms with E-state index in [2.05, 4.69) is 30.3 Å². The van der Waals surface area contributed by atoms with E-state index in [4.69, 9.17) is 19.3 Å². The number of nitrogens with zero attached hydrogens (tertiary/aromatic N) is 2. The monoisotopic (exact) mass is 480 g/mol. The molecule has 0 aliphatic carbocycles. The zero-order valence-electron chi connectivity index (χ0n) is 19.8. The molecule has 0 fully saturated rings. The fraction of sp³-hybridized carbons (Fsp3) is 0.172. The number of hydrogen-bond acceptors (Lipinski definition) is 6. The van der Waals surface area contributed by atoms with Gasteiger partial charge in [0, 0.05) is 17.5 Å². The van der Waals surface area contributed by atoms with Gasteiger partial charge in [0.25, 0.3) is 0 Å². The van der Waals surface area contributed by atoms with Gasteiger partial charge in [-0.25, -0.2) is 9.80 Å². The molecule has 0 amide bonds. The van der Waals surface area contributed by atoms with E-state index >= 15 is 0 Å². The van der Waals surface area contributed by atoms with E-state index in [1.165, 1.54) is 19.6 Å². The first kappa shape index (κ1) is 22.0. The smallest absolute Gasteiger partial charge is 0.340 e. The fourth-order valence-corrected chi connectivity index (χ4v) is 5.15. The highest BCUT2D eigenvalue weighted by molar-refractivity contribution is 6.04. The maximum Gasteiger partial charge on any atom is 0.340 e. The predicted octanol–water partition coefficient (Wildman–Crippen LogP) is 5.80. The second-order valence-corrected chi connectivity index (χ2v) is 8.79. The summed E-state index contributed by atoms with van der Waals surface area (Å²) in [5, 5.41) is 19.3. The van der Waals surface area contributed by atoms with Gasteiger partial charge < -0.3 is 19.3 Å². The molecule has 7 heteroatoms. The molecule has 1 N–H and O–H groups in total. The molecule has 0 saturated carbocycles. The minimum absolute atomic E-state index is 0.00524. The zero-order chi connectivity index (χ0) is 24.8. The number of para-hydroxylation sites is 1. The highest BCUT2D eigenvalue weighted by atomic mass is 16.5. The number of carboxylic acid groups (broad SMARTS) is 1. The first-order chi connectivity index (χ1) is 17.6. The van der Waals surface area contributed by atoms with E-state index in [1.807, 2.05) is 41.4 Å². The molecule has 0 bridgehead atoms. The van der Waals surface area contributed by atoms with E-state index in [1.54, 1.807) is 12.1 Å². The summed E-state index contributed by atoms with van der Waals surface area (Å²) in [6.45, 7) is 0. The Kier molecular flexibility index (Phi) is 5.25. The van der Waals surface area contributed by atoms with Gasteiger partial charge in [-0.2, -0.15) is 5.10 Å². The summed E-state index contributed by atoms with van der Waals surface area (Å²) in [4.78, 5) is 12.4. The summed E-state index contributed by atoms with van der Waals surface area (Å²) >= 11 is 0. The molecule has 2 aliphatic heterocycles. The lowest BCUT2D eigenvalue weighted by Gasteiger charge is -2.38. The van der Waals surface area contributed by atoms with Crippen LogP contribution in [-0.2, 0) is 0 Å². The van der Waals surface area contributed by atoms with Gasteiger partial charge in [0.15, 0.2) is 11.5 Å². The molecule has 0 unspecified atom stereocenters. The van der Waals surface area contributed by atoms with Crippen LogP contribution in [0.5, 0.6) is 17.2 Å². The normalized spacial score (nSPS) is 18.2. The molecule has 0 saturated heterocycles. The van der Waals surface area contributed by atoms with Gasteiger partial charge in [-0.05, 0) is 40.6 Å². The lowest BCUT2D eigenvalue weighted by atomic mass is 9.94. The van der Waals surface area contributed by atoms with Crippen molar-refractivity contribution in [3.63, 3.8) is 0 Å². The van der Waals surface area contributed by atoms with E-state index < -0.39 is 12.2 Å². The summed E-state index contributed by atoms with van der Waals surface area (Å²) in [6.07, 6.45) is -0.0842. The first-order valence-electron chi connectivity index (χ1n) is 11.7. The van der Waals surface area contributed by atoms with Crippen molar-refractivity contribution in [1.29, 1.82) is 0 Å². The van der Waals surface area contributed by atoms with Crippen molar-refractivity contribution in [2.75, 3.05) is 14.2 Å². The van der Waals surface area contributed by atoms with Gasteiger partial charge >= 0.3 is 5.97 Å². The Morgan fingerprint density at radius 2 is 1.72 bits per heavy atom.